The summed E-state index contributed by atoms with van der Waals surface area (Å²) in [6, 6.07) is 21.5. The second kappa shape index (κ2) is 8.61. The number of amides is 1. The van der Waals surface area contributed by atoms with Gasteiger partial charge in [-0.15, -0.1) is 0 Å². The normalized spacial score (nSPS) is 10.8. The van der Waals surface area contributed by atoms with Gasteiger partial charge >= 0.3 is 0 Å². The third-order valence-electron chi connectivity index (χ3n) is 3.87. The van der Waals surface area contributed by atoms with Gasteiger partial charge in [0.25, 0.3) is 0 Å². The molecule has 0 heterocycles. The van der Waals surface area contributed by atoms with Crippen molar-refractivity contribution in [2.24, 2.45) is 0 Å². The molecule has 0 saturated heterocycles. The molecule has 3 aromatic carbocycles. The lowest BCUT2D eigenvalue weighted by atomic mass is 10.0. The predicted octanol–water partition coefficient (Wildman–Crippen LogP) is 4.70. The van der Waals surface area contributed by atoms with Crippen molar-refractivity contribution >= 4 is 51.7 Å². The number of nitrogens with one attached hydrogen (secondary N) is 2. The fourth-order valence-corrected chi connectivity index (χ4v) is 2.95. The van der Waals surface area contributed by atoms with E-state index in [0.29, 0.717) is 11.6 Å². The molecule has 0 unspecified atom stereocenters. The highest BCUT2D eigenvalue weighted by atomic mass is 35.5. The highest BCUT2D eigenvalue weighted by molar-refractivity contribution is 7.80. The van der Waals surface area contributed by atoms with Crippen LogP contribution in [-0.2, 0) is 11.3 Å². The Morgan fingerprint density at radius 1 is 1.00 bits per heavy atom. The fourth-order valence-electron chi connectivity index (χ4n) is 2.58. The van der Waals surface area contributed by atoms with E-state index in [1.807, 2.05) is 66.7 Å². The SMILES string of the molecule is O=C(/C=C/c1cccc2ccccc12)NC(=S)NCc1ccccc1Cl. The van der Waals surface area contributed by atoms with Crippen molar-refractivity contribution in [1.82, 2.24) is 10.6 Å². The van der Waals surface area contributed by atoms with Crippen molar-refractivity contribution in [1.29, 1.82) is 0 Å². The van der Waals surface area contributed by atoms with Gasteiger partial charge in [-0.1, -0.05) is 72.3 Å². The maximum atomic E-state index is 12.1. The molecule has 0 atom stereocenters. The molecule has 0 bridgehead atoms. The van der Waals surface area contributed by atoms with Crippen LogP contribution in [0.15, 0.2) is 72.8 Å². The monoisotopic (exact) mass is 380 g/mol. The number of rotatable bonds is 4. The van der Waals surface area contributed by atoms with Crippen LogP contribution in [0.2, 0.25) is 5.02 Å². The summed E-state index contributed by atoms with van der Waals surface area (Å²) < 4.78 is 0. The minimum atomic E-state index is -0.283. The Bertz CT molecular complexity index is 979. The Kier molecular flexibility index (Phi) is 6.00. The molecular formula is C21H17ClN2OS. The zero-order valence-corrected chi connectivity index (χ0v) is 15.5. The Labute approximate surface area is 162 Å². The van der Waals surface area contributed by atoms with Gasteiger partial charge in [0.15, 0.2) is 5.11 Å². The van der Waals surface area contributed by atoms with E-state index in [1.54, 1.807) is 6.08 Å². The average Bonchev–Trinajstić information content (AvgIpc) is 2.65. The second-order valence-corrected chi connectivity index (χ2v) is 6.48. The molecule has 1 amide bonds. The summed E-state index contributed by atoms with van der Waals surface area (Å²) in [5.41, 5.74) is 1.89. The lowest BCUT2D eigenvalue weighted by Gasteiger charge is -2.09. The lowest BCUT2D eigenvalue weighted by molar-refractivity contribution is -0.115. The molecule has 0 spiro atoms. The average molecular weight is 381 g/mol. The maximum Gasteiger partial charge on any atom is 0.250 e. The number of carbonyl (C=O) groups is 1. The topological polar surface area (TPSA) is 41.1 Å². The van der Waals surface area contributed by atoms with Gasteiger partial charge < -0.3 is 5.32 Å². The Hall–Kier alpha value is -2.69. The van der Waals surface area contributed by atoms with Gasteiger partial charge in [-0.25, -0.2) is 0 Å². The molecule has 0 saturated carbocycles. The number of hydrogen-bond donors (Lipinski definition) is 2. The fraction of sp³-hybridized carbons (Fsp3) is 0.0476. The van der Waals surface area contributed by atoms with Crippen molar-refractivity contribution in [3.63, 3.8) is 0 Å². The van der Waals surface area contributed by atoms with Crippen LogP contribution in [0.25, 0.3) is 16.8 Å². The van der Waals surface area contributed by atoms with Gasteiger partial charge in [0.2, 0.25) is 5.91 Å². The molecule has 2 N–H and O–H groups in total. The minimum Gasteiger partial charge on any atom is -0.358 e. The van der Waals surface area contributed by atoms with Crippen LogP contribution >= 0.6 is 23.8 Å². The van der Waals surface area contributed by atoms with E-state index in [9.17, 15) is 4.79 Å². The summed E-state index contributed by atoms with van der Waals surface area (Å²) >= 11 is 11.3. The Balaban J connectivity index is 1.58. The largest absolute Gasteiger partial charge is 0.358 e. The summed E-state index contributed by atoms with van der Waals surface area (Å²) in [7, 11) is 0. The zero-order valence-electron chi connectivity index (χ0n) is 13.9. The Morgan fingerprint density at radius 3 is 2.58 bits per heavy atom. The summed E-state index contributed by atoms with van der Waals surface area (Å²) in [6.07, 6.45) is 3.26. The second-order valence-electron chi connectivity index (χ2n) is 5.67. The standard InChI is InChI=1S/C21H17ClN2OS/c22-19-11-4-2-7-17(19)14-23-21(26)24-20(25)13-12-16-9-5-8-15-6-1-3-10-18(15)16/h1-13H,14H2,(H2,23,24,25,26)/b13-12+. The van der Waals surface area contributed by atoms with Crippen LogP contribution in [-0.4, -0.2) is 11.0 Å². The van der Waals surface area contributed by atoms with Crippen molar-refractivity contribution in [3.8, 4) is 0 Å². The van der Waals surface area contributed by atoms with E-state index in [0.717, 1.165) is 21.9 Å². The van der Waals surface area contributed by atoms with Crippen LogP contribution in [0.1, 0.15) is 11.1 Å². The van der Waals surface area contributed by atoms with Crippen LogP contribution in [0, 0.1) is 0 Å². The first-order valence-corrected chi connectivity index (χ1v) is 8.90. The van der Waals surface area contributed by atoms with E-state index in [2.05, 4.69) is 10.6 Å². The van der Waals surface area contributed by atoms with Gasteiger partial charge in [-0.3, -0.25) is 10.1 Å². The summed E-state index contributed by atoms with van der Waals surface area (Å²) in [5.74, 6) is -0.283. The van der Waals surface area contributed by atoms with Gasteiger partial charge in [0, 0.05) is 17.6 Å². The summed E-state index contributed by atoms with van der Waals surface area (Å²) in [5, 5.41) is 8.77. The smallest absolute Gasteiger partial charge is 0.250 e. The van der Waals surface area contributed by atoms with Crippen molar-refractivity contribution < 1.29 is 4.79 Å². The van der Waals surface area contributed by atoms with Crippen molar-refractivity contribution in [2.45, 2.75) is 6.54 Å². The zero-order chi connectivity index (χ0) is 18.4. The van der Waals surface area contributed by atoms with Crippen LogP contribution in [0.3, 0.4) is 0 Å². The number of hydrogen-bond acceptors (Lipinski definition) is 2. The van der Waals surface area contributed by atoms with Crippen LogP contribution < -0.4 is 10.6 Å². The third kappa shape index (κ3) is 4.69. The molecule has 0 aromatic heterocycles. The summed E-state index contributed by atoms with van der Waals surface area (Å²) in [4.78, 5) is 12.1. The number of carbonyl (C=O) groups excluding carboxylic acids is 1. The van der Waals surface area contributed by atoms with Crippen molar-refractivity contribution in [2.75, 3.05) is 0 Å². The molecule has 3 rings (SSSR count). The van der Waals surface area contributed by atoms with E-state index in [-0.39, 0.29) is 11.0 Å². The molecule has 3 aromatic rings. The van der Waals surface area contributed by atoms with Gasteiger partial charge in [0.05, 0.1) is 0 Å². The van der Waals surface area contributed by atoms with Crippen LogP contribution in [0.4, 0.5) is 0 Å². The van der Waals surface area contributed by atoms with E-state index < -0.39 is 0 Å². The van der Waals surface area contributed by atoms with Gasteiger partial charge in [0.1, 0.15) is 0 Å². The molecule has 0 aliphatic heterocycles. The molecule has 26 heavy (non-hydrogen) atoms. The highest BCUT2D eigenvalue weighted by Crippen LogP contribution is 2.19. The van der Waals surface area contributed by atoms with Gasteiger partial charge in [-0.05, 0) is 46.3 Å². The number of fused-ring (bicyclic) bond motifs is 1. The molecule has 0 aliphatic carbocycles. The molecule has 0 radical (unpaired) electrons. The van der Waals surface area contributed by atoms with E-state index >= 15 is 0 Å². The first-order chi connectivity index (χ1) is 12.6. The number of halogens is 1. The summed E-state index contributed by atoms with van der Waals surface area (Å²) in [6.45, 7) is 0.450. The molecular weight excluding hydrogens is 364 g/mol. The molecule has 130 valence electrons. The maximum absolute atomic E-state index is 12.1. The van der Waals surface area contributed by atoms with Crippen LogP contribution in [0.5, 0.6) is 0 Å². The highest BCUT2D eigenvalue weighted by Gasteiger charge is 2.03. The molecule has 0 fully saturated rings. The molecule has 0 aliphatic rings. The van der Waals surface area contributed by atoms with Gasteiger partial charge in [-0.2, -0.15) is 0 Å². The molecule has 3 nitrogen and oxygen atoms in total. The predicted molar refractivity (Wildman–Crippen MR) is 112 cm³/mol. The molecule has 5 heteroatoms. The first-order valence-electron chi connectivity index (χ1n) is 8.11. The minimum absolute atomic E-state index is 0.262. The number of benzene rings is 3. The van der Waals surface area contributed by atoms with E-state index in [1.165, 1.54) is 6.08 Å². The Morgan fingerprint density at radius 2 is 1.73 bits per heavy atom. The van der Waals surface area contributed by atoms with Crippen molar-refractivity contribution in [3.05, 3.63) is 89.0 Å². The quantitative estimate of drug-likeness (QED) is 0.509. The third-order valence-corrected chi connectivity index (χ3v) is 4.49. The number of thiocarbonyl (C=S) groups is 1. The first kappa shape index (κ1) is 18.1. The lowest BCUT2D eigenvalue weighted by Crippen LogP contribution is -2.38. The van der Waals surface area contributed by atoms with E-state index in [4.69, 9.17) is 23.8 Å².